The van der Waals surface area contributed by atoms with Gasteiger partial charge in [0.05, 0.1) is 21.3 Å². The van der Waals surface area contributed by atoms with E-state index in [0.717, 1.165) is 28.2 Å². The van der Waals surface area contributed by atoms with Crippen molar-refractivity contribution in [3.8, 4) is 23.0 Å². The SMILES string of the molecule is CC=Cc1cc(OC)c2c(c1)C(C)C(c1ccc(OC)c(OC)c1)O2. The number of fused-ring (bicyclic) bond motifs is 1. The molecule has 0 amide bonds. The van der Waals surface area contributed by atoms with E-state index in [2.05, 4.69) is 19.1 Å². The zero-order chi connectivity index (χ0) is 18.0. The van der Waals surface area contributed by atoms with Gasteiger partial charge in [0.15, 0.2) is 23.0 Å². The smallest absolute Gasteiger partial charge is 0.165 e. The third kappa shape index (κ3) is 3.04. The molecule has 2 aromatic rings. The molecular formula is C21H24O4. The first-order valence-electron chi connectivity index (χ1n) is 8.36. The molecular weight excluding hydrogens is 316 g/mol. The second-order valence-corrected chi connectivity index (χ2v) is 6.08. The van der Waals surface area contributed by atoms with Gasteiger partial charge in [-0.05, 0) is 42.3 Å². The lowest BCUT2D eigenvalue weighted by atomic mass is 9.91. The van der Waals surface area contributed by atoms with Gasteiger partial charge in [-0.3, -0.25) is 0 Å². The van der Waals surface area contributed by atoms with Gasteiger partial charge in [-0.15, -0.1) is 0 Å². The molecule has 0 bridgehead atoms. The highest BCUT2D eigenvalue weighted by Crippen LogP contribution is 2.51. The van der Waals surface area contributed by atoms with Crippen molar-refractivity contribution >= 4 is 6.08 Å². The zero-order valence-corrected chi connectivity index (χ0v) is 15.3. The Balaban J connectivity index is 2.01. The Kier molecular flexibility index (Phi) is 4.88. The minimum Gasteiger partial charge on any atom is -0.493 e. The Hall–Kier alpha value is -2.62. The van der Waals surface area contributed by atoms with Crippen molar-refractivity contribution in [3.63, 3.8) is 0 Å². The van der Waals surface area contributed by atoms with Crippen molar-refractivity contribution in [2.45, 2.75) is 25.9 Å². The van der Waals surface area contributed by atoms with Crippen LogP contribution >= 0.6 is 0 Å². The van der Waals surface area contributed by atoms with E-state index in [0.29, 0.717) is 11.5 Å². The summed E-state index contributed by atoms with van der Waals surface area (Å²) in [5.41, 5.74) is 3.32. The lowest BCUT2D eigenvalue weighted by molar-refractivity contribution is 0.207. The van der Waals surface area contributed by atoms with Crippen LogP contribution in [0.3, 0.4) is 0 Å². The molecule has 3 rings (SSSR count). The van der Waals surface area contributed by atoms with Crippen LogP contribution in [0.25, 0.3) is 6.08 Å². The summed E-state index contributed by atoms with van der Waals surface area (Å²) in [5.74, 6) is 3.20. The predicted octanol–water partition coefficient (Wildman–Crippen LogP) is 4.98. The summed E-state index contributed by atoms with van der Waals surface area (Å²) in [6.07, 6.45) is 4.00. The van der Waals surface area contributed by atoms with Crippen LogP contribution in [0.4, 0.5) is 0 Å². The van der Waals surface area contributed by atoms with Gasteiger partial charge in [0.2, 0.25) is 0 Å². The van der Waals surface area contributed by atoms with E-state index in [1.165, 1.54) is 0 Å². The Bertz CT molecular complexity index is 795. The summed E-state index contributed by atoms with van der Waals surface area (Å²) in [5, 5.41) is 0. The molecule has 0 saturated carbocycles. The topological polar surface area (TPSA) is 36.9 Å². The highest BCUT2D eigenvalue weighted by atomic mass is 16.5. The predicted molar refractivity (Wildman–Crippen MR) is 99.0 cm³/mol. The van der Waals surface area contributed by atoms with Crippen LogP contribution in [0.5, 0.6) is 23.0 Å². The number of rotatable bonds is 5. The van der Waals surface area contributed by atoms with Gasteiger partial charge in [-0.2, -0.15) is 0 Å². The molecule has 2 unspecified atom stereocenters. The van der Waals surface area contributed by atoms with E-state index in [1.54, 1.807) is 21.3 Å². The van der Waals surface area contributed by atoms with Crippen LogP contribution in [0.15, 0.2) is 36.4 Å². The molecule has 2 atom stereocenters. The lowest BCUT2D eigenvalue weighted by Gasteiger charge is -2.18. The van der Waals surface area contributed by atoms with Gasteiger partial charge >= 0.3 is 0 Å². The summed E-state index contributed by atoms with van der Waals surface area (Å²) in [7, 11) is 4.95. The zero-order valence-electron chi connectivity index (χ0n) is 15.3. The van der Waals surface area contributed by atoms with Crippen molar-refractivity contribution in [2.75, 3.05) is 21.3 Å². The van der Waals surface area contributed by atoms with Gasteiger partial charge in [0.25, 0.3) is 0 Å². The molecule has 4 nitrogen and oxygen atoms in total. The summed E-state index contributed by atoms with van der Waals surface area (Å²) < 4.78 is 22.6. The average molecular weight is 340 g/mol. The third-order valence-electron chi connectivity index (χ3n) is 4.61. The molecule has 1 heterocycles. The van der Waals surface area contributed by atoms with Crippen molar-refractivity contribution in [1.82, 2.24) is 0 Å². The molecule has 132 valence electrons. The molecule has 0 aromatic heterocycles. The molecule has 0 radical (unpaired) electrons. The van der Waals surface area contributed by atoms with Crippen molar-refractivity contribution < 1.29 is 18.9 Å². The lowest BCUT2D eigenvalue weighted by Crippen LogP contribution is -2.07. The number of ether oxygens (including phenoxy) is 4. The summed E-state index contributed by atoms with van der Waals surface area (Å²) in [4.78, 5) is 0. The standard InChI is InChI=1S/C21H24O4/c1-6-7-14-10-16-13(2)20(25-21(16)19(11-14)24-5)15-8-9-17(22-3)18(12-15)23-4/h6-13,20H,1-5H3. The Morgan fingerprint density at radius 3 is 2.28 bits per heavy atom. The van der Waals surface area contributed by atoms with E-state index in [4.69, 9.17) is 18.9 Å². The highest BCUT2D eigenvalue weighted by Gasteiger charge is 2.35. The van der Waals surface area contributed by atoms with Crippen LogP contribution in [-0.4, -0.2) is 21.3 Å². The summed E-state index contributed by atoms with van der Waals surface area (Å²) in [6, 6.07) is 10.1. The molecule has 2 aromatic carbocycles. The number of allylic oxidation sites excluding steroid dienone is 1. The van der Waals surface area contributed by atoms with Gasteiger partial charge in [-0.25, -0.2) is 0 Å². The molecule has 0 saturated heterocycles. The fourth-order valence-corrected chi connectivity index (χ4v) is 3.33. The van der Waals surface area contributed by atoms with Crippen molar-refractivity contribution in [3.05, 3.63) is 53.1 Å². The molecule has 0 N–H and O–H groups in total. The third-order valence-corrected chi connectivity index (χ3v) is 4.61. The van der Waals surface area contributed by atoms with Crippen molar-refractivity contribution in [2.24, 2.45) is 0 Å². The average Bonchev–Trinajstić information content (AvgIpc) is 2.97. The van der Waals surface area contributed by atoms with Gasteiger partial charge in [0.1, 0.15) is 6.10 Å². The molecule has 0 spiro atoms. The summed E-state index contributed by atoms with van der Waals surface area (Å²) >= 11 is 0. The van der Waals surface area contributed by atoms with Crippen molar-refractivity contribution in [1.29, 1.82) is 0 Å². The van der Waals surface area contributed by atoms with E-state index >= 15 is 0 Å². The van der Waals surface area contributed by atoms with Crippen LogP contribution in [0.1, 0.15) is 42.6 Å². The quantitative estimate of drug-likeness (QED) is 0.769. The Morgan fingerprint density at radius 1 is 0.920 bits per heavy atom. The van der Waals surface area contributed by atoms with Crippen LogP contribution < -0.4 is 18.9 Å². The molecule has 4 heteroatoms. The van der Waals surface area contributed by atoms with Gasteiger partial charge in [0, 0.05) is 11.5 Å². The first-order chi connectivity index (χ1) is 12.1. The molecule has 25 heavy (non-hydrogen) atoms. The van der Waals surface area contributed by atoms with E-state index in [1.807, 2.05) is 37.3 Å². The van der Waals surface area contributed by atoms with Gasteiger partial charge in [-0.1, -0.05) is 25.1 Å². The molecule has 1 aliphatic heterocycles. The summed E-state index contributed by atoms with van der Waals surface area (Å²) in [6.45, 7) is 4.18. The minimum absolute atomic E-state index is 0.0930. The fraction of sp³-hybridized carbons (Fsp3) is 0.333. The number of methoxy groups -OCH3 is 3. The molecule has 1 aliphatic rings. The fourth-order valence-electron chi connectivity index (χ4n) is 3.33. The Labute approximate surface area is 149 Å². The van der Waals surface area contributed by atoms with Crippen LogP contribution in [0.2, 0.25) is 0 Å². The number of hydrogen-bond acceptors (Lipinski definition) is 4. The second kappa shape index (κ2) is 7.09. The second-order valence-electron chi connectivity index (χ2n) is 6.08. The maximum atomic E-state index is 6.29. The number of hydrogen-bond donors (Lipinski definition) is 0. The Morgan fingerprint density at radius 2 is 1.64 bits per heavy atom. The largest absolute Gasteiger partial charge is 0.493 e. The molecule has 0 aliphatic carbocycles. The van der Waals surface area contributed by atoms with Gasteiger partial charge < -0.3 is 18.9 Å². The maximum Gasteiger partial charge on any atom is 0.165 e. The monoisotopic (exact) mass is 340 g/mol. The first kappa shape index (κ1) is 17.2. The van der Waals surface area contributed by atoms with E-state index < -0.39 is 0 Å². The maximum absolute atomic E-state index is 6.29. The van der Waals surface area contributed by atoms with Crippen LogP contribution in [0, 0.1) is 0 Å². The minimum atomic E-state index is -0.0930. The normalized spacial score (nSPS) is 18.8. The highest BCUT2D eigenvalue weighted by molar-refractivity contribution is 5.62. The van der Waals surface area contributed by atoms with E-state index in [9.17, 15) is 0 Å². The first-order valence-corrected chi connectivity index (χ1v) is 8.36. The van der Waals surface area contributed by atoms with E-state index in [-0.39, 0.29) is 12.0 Å². The number of benzene rings is 2. The van der Waals surface area contributed by atoms with Crippen LogP contribution in [-0.2, 0) is 0 Å². The molecule has 0 fully saturated rings.